The van der Waals surface area contributed by atoms with Gasteiger partial charge in [0.15, 0.2) is 11.0 Å². The average molecular weight is 641 g/mol. The second-order valence-electron chi connectivity index (χ2n) is 10.4. The first-order valence-electron chi connectivity index (χ1n) is 13.8. The summed E-state index contributed by atoms with van der Waals surface area (Å²) >= 11 is 1.15. The van der Waals surface area contributed by atoms with Gasteiger partial charge in [0.05, 0.1) is 23.7 Å². The van der Waals surface area contributed by atoms with E-state index < -0.39 is 18.6 Å². The van der Waals surface area contributed by atoms with Gasteiger partial charge >= 0.3 is 12.4 Å². The van der Waals surface area contributed by atoms with Crippen LogP contribution in [0.1, 0.15) is 42.6 Å². The number of halogens is 4. The Kier molecular flexibility index (Phi) is 9.23. The lowest BCUT2D eigenvalue weighted by Crippen LogP contribution is -2.33. The topological polar surface area (TPSA) is 102 Å². The lowest BCUT2D eigenvalue weighted by Gasteiger charge is -2.23. The monoisotopic (exact) mass is 640 g/mol. The first-order chi connectivity index (χ1) is 21.4. The Balaban J connectivity index is 1.20. The Morgan fingerprint density at radius 1 is 1.09 bits per heavy atom. The minimum Gasteiger partial charge on any atom is -0.406 e. The summed E-state index contributed by atoms with van der Waals surface area (Å²) in [5, 5.41) is 7.05. The number of aliphatic imine (C=N–C) groups is 1. The van der Waals surface area contributed by atoms with E-state index in [4.69, 9.17) is 0 Å². The largest absolute Gasteiger partial charge is 0.573 e. The summed E-state index contributed by atoms with van der Waals surface area (Å²) in [4.78, 5) is 35.1. The van der Waals surface area contributed by atoms with Crippen LogP contribution >= 0.6 is 11.8 Å². The Hall–Kier alpha value is -4.72. The van der Waals surface area contributed by atoms with Gasteiger partial charge in [-0.05, 0) is 59.9 Å². The van der Waals surface area contributed by atoms with Crippen molar-refractivity contribution in [3.63, 3.8) is 0 Å². The van der Waals surface area contributed by atoms with Gasteiger partial charge in [0, 0.05) is 5.56 Å². The van der Waals surface area contributed by atoms with E-state index in [-0.39, 0.29) is 35.0 Å². The van der Waals surface area contributed by atoms with Gasteiger partial charge in [0.2, 0.25) is 5.91 Å². The van der Waals surface area contributed by atoms with Crippen LogP contribution in [0.25, 0.3) is 17.1 Å². The van der Waals surface area contributed by atoms with Gasteiger partial charge in [-0.2, -0.15) is 4.99 Å². The molecule has 0 aliphatic carbocycles. The maximum atomic E-state index is 15.0. The molecule has 1 saturated heterocycles. The first-order valence-corrected chi connectivity index (χ1v) is 14.8. The molecule has 5 rings (SSSR count). The maximum absolute atomic E-state index is 15.0. The van der Waals surface area contributed by atoms with E-state index in [1.807, 2.05) is 39.0 Å². The van der Waals surface area contributed by atoms with Gasteiger partial charge in [-0.1, -0.05) is 62.0 Å². The molecule has 234 valence electrons. The number of rotatable bonds is 8. The molecule has 3 amide bonds. The molecule has 1 aliphatic heterocycles. The molecule has 4 aromatic rings. The van der Waals surface area contributed by atoms with Crippen LogP contribution in [0.3, 0.4) is 0 Å². The van der Waals surface area contributed by atoms with Crippen molar-refractivity contribution in [2.45, 2.75) is 39.2 Å². The number of carbonyl (C=O) groups is 2. The van der Waals surface area contributed by atoms with Gasteiger partial charge < -0.3 is 10.1 Å². The minimum atomic E-state index is -4.79. The predicted molar refractivity (Wildman–Crippen MR) is 163 cm³/mol. The van der Waals surface area contributed by atoms with Crippen molar-refractivity contribution >= 4 is 34.6 Å². The number of aromatic nitrogens is 3. The fourth-order valence-electron chi connectivity index (χ4n) is 4.88. The van der Waals surface area contributed by atoms with Crippen LogP contribution in [0.5, 0.6) is 5.75 Å². The standard InChI is InChI=1S/C31H28F4N6O3S/c1-18(2)27-19(3)5-4-6-25(27)41-26(42)16-45-30(41)38-29(43)36-15-24(32)20-7-9-21(10-8-20)28-37-17-40(39-28)22-11-13-23(14-12-22)44-31(33,34)35/h4-14,17-18,24H,15-16H2,1-3H3,(H,36,43). The van der Waals surface area contributed by atoms with E-state index in [9.17, 15) is 22.8 Å². The molecule has 1 fully saturated rings. The molecule has 1 atom stereocenters. The first kappa shape index (κ1) is 31.7. The third-order valence-corrected chi connectivity index (χ3v) is 7.80. The highest BCUT2D eigenvalue weighted by Crippen LogP contribution is 2.35. The smallest absolute Gasteiger partial charge is 0.406 e. The fourth-order valence-corrected chi connectivity index (χ4v) is 5.73. The quantitative estimate of drug-likeness (QED) is 0.206. The zero-order valence-electron chi connectivity index (χ0n) is 24.4. The number of benzene rings is 3. The number of carbonyl (C=O) groups excluding carboxylic acids is 2. The summed E-state index contributed by atoms with van der Waals surface area (Å²) in [5.41, 5.74) is 4.05. The number of aryl methyl sites for hydroxylation is 1. The Morgan fingerprint density at radius 3 is 2.47 bits per heavy atom. The van der Waals surface area contributed by atoms with Crippen LogP contribution in [-0.2, 0) is 4.79 Å². The third kappa shape index (κ3) is 7.51. The summed E-state index contributed by atoms with van der Waals surface area (Å²) in [6, 6.07) is 16.4. The third-order valence-electron chi connectivity index (χ3n) is 6.87. The summed E-state index contributed by atoms with van der Waals surface area (Å²) in [5.74, 6) is 0.0617. The average Bonchev–Trinajstić information content (AvgIpc) is 3.62. The van der Waals surface area contributed by atoms with Gasteiger partial charge in [0.1, 0.15) is 18.2 Å². The van der Waals surface area contributed by atoms with E-state index in [0.717, 1.165) is 22.9 Å². The molecule has 0 saturated carbocycles. The van der Waals surface area contributed by atoms with Crippen molar-refractivity contribution in [2.24, 2.45) is 4.99 Å². The van der Waals surface area contributed by atoms with Gasteiger partial charge in [-0.25, -0.2) is 18.9 Å². The SMILES string of the molecule is Cc1cccc(N2C(=O)CSC2=NC(=O)NCC(F)c2ccc(-c3ncn(-c4ccc(OC(F)(F)F)cc4)n3)cc2)c1C(C)C. The highest BCUT2D eigenvalue weighted by Gasteiger charge is 2.33. The lowest BCUT2D eigenvalue weighted by atomic mass is 9.95. The summed E-state index contributed by atoms with van der Waals surface area (Å²) in [6.45, 7) is 5.69. The van der Waals surface area contributed by atoms with Crippen molar-refractivity contribution in [1.82, 2.24) is 20.1 Å². The van der Waals surface area contributed by atoms with E-state index >= 15 is 4.39 Å². The van der Waals surface area contributed by atoms with Crippen LogP contribution in [0.2, 0.25) is 0 Å². The number of urea groups is 1. The van der Waals surface area contributed by atoms with Gasteiger partial charge in [-0.3, -0.25) is 9.69 Å². The number of nitrogens with zero attached hydrogens (tertiary/aromatic N) is 5. The minimum absolute atomic E-state index is 0.141. The molecule has 1 unspecified atom stereocenters. The fraction of sp³-hybridized carbons (Fsp3) is 0.258. The molecule has 2 heterocycles. The van der Waals surface area contributed by atoms with Crippen LogP contribution in [0, 0.1) is 6.92 Å². The normalized spacial score (nSPS) is 15.2. The van der Waals surface area contributed by atoms with Crippen molar-refractivity contribution in [1.29, 1.82) is 0 Å². The Labute approximate surface area is 260 Å². The number of amidine groups is 1. The van der Waals surface area contributed by atoms with Crippen LogP contribution in [0.4, 0.5) is 28.0 Å². The molecular formula is C31H28F4N6O3S. The molecule has 9 nitrogen and oxygen atoms in total. The zero-order valence-corrected chi connectivity index (χ0v) is 25.2. The number of nitrogens with one attached hydrogen (secondary N) is 1. The van der Waals surface area contributed by atoms with Crippen LogP contribution in [-0.4, -0.2) is 50.5 Å². The molecular weight excluding hydrogens is 612 g/mol. The van der Waals surface area contributed by atoms with Crippen molar-refractivity contribution in [2.75, 3.05) is 17.2 Å². The van der Waals surface area contributed by atoms with Crippen molar-refractivity contribution in [3.8, 4) is 22.8 Å². The van der Waals surface area contributed by atoms with Crippen LogP contribution in [0.15, 0.2) is 78.0 Å². The molecule has 45 heavy (non-hydrogen) atoms. The molecule has 1 aromatic heterocycles. The maximum Gasteiger partial charge on any atom is 0.573 e. The summed E-state index contributed by atoms with van der Waals surface area (Å²) in [7, 11) is 0. The summed E-state index contributed by atoms with van der Waals surface area (Å²) in [6.07, 6.45) is -4.92. The van der Waals surface area contributed by atoms with Gasteiger partial charge in [0.25, 0.3) is 0 Å². The Bertz CT molecular complexity index is 1720. The highest BCUT2D eigenvalue weighted by atomic mass is 32.2. The van der Waals surface area contributed by atoms with E-state index in [1.54, 1.807) is 24.3 Å². The second-order valence-corrected chi connectivity index (χ2v) is 11.3. The summed E-state index contributed by atoms with van der Waals surface area (Å²) < 4.78 is 57.5. The Morgan fingerprint density at radius 2 is 1.80 bits per heavy atom. The van der Waals surface area contributed by atoms with Crippen molar-refractivity contribution < 1.29 is 31.9 Å². The predicted octanol–water partition coefficient (Wildman–Crippen LogP) is 7.12. The number of hydrogen-bond acceptors (Lipinski definition) is 6. The van der Waals surface area contributed by atoms with Crippen LogP contribution < -0.4 is 15.0 Å². The number of ether oxygens (including phenoxy) is 1. The molecule has 1 N–H and O–H groups in total. The van der Waals surface area contributed by atoms with E-state index in [0.29, 0.717) is 28.3 Å². The second kappa shape index (κ2) is 13.1. The molecule has 0 radical (unpaired) electrons. The van der Waals surface area contributed by atoms with Crippen molar-refractivity contribution in [3.05, 3.63) is 89.7 Å². The molecule has 14 heteroatoms. The number of thioether (sulfide) groups is 1. The number of hydrogen-bond donors (Lipinski definition) is 1. The molecule has 3 aromatic carbocycles. The number of anilines is 1. The molecule has 1 aliphatic rings. The molecule has 0 bridgehead atoms. The zero-order chi connectivity index (χ0) is 32.3. The number of amides is 3. The highest BCUT2D eigenvalue weighted by molar-refractivity contribution is 8.15. The van der Waals surface area contributed by atoms with E-state index in [2.05, 4.69) is 25.1 Å². The molecule has 0 spiro atoms. The van der Waals surface area contributed by atoms with Gasteiger partial charge in [-0.15, -0.1) is 18.3 Å². The van der Waals surface area contributed by atoms with E-state index in [1.165, 1.54) is 40.2 Å². The lowest BCUT2D eigenvalue weighted by molar-refractivity contribution is -0.274. The number of alkyl halides is 4.